The number of hydrogen-bond acceptors (Lipinski definition) is 2. The van der Waals surface area contributed by atoms with Crippen molar-refractivity contribution in [3.05, 3.63) is 18.0 Å². The molecular weight excluding hydrogens is 156 g/mol. The molecule has 12 heavy (non-hydrogen) atoms. The van der Waals surface area contributed by atoms with Gasteiger partial charge in [-0.3, -0.25) is 9.48 Å². The van der Waals surface area contributed by atoms with Gasteiger partial charge in [0.1, 0.15) is 0 Å². The average Bonchev–Trinajstić information content (AvgIpc) is 2.47. The van der Waals surface area contributed by atoms with Gasteiger partial charge in [0.25, 0.3) is 0 Å². The highest BCUT2D eigenvalue weighted by Gasteiger charge is 2.02. The van der Waals surface area contributed by atoms with Gasteiger partial charge in [-0.25, -0.2) is 0 Å². The first-order valence-electron chi connectivity index (χ1n) is 3.96. The average molecular weight is 168 g/mol. The summed E-state index contributed by atoms with van der Waals surface area (Å²) in [6.07, 6.45) is 2.43. The Morgan fingerprint density at radius 1 is 1.75 bits per heavy atom. The second-order valence-electron chi connectivity index (χ2n) is 2.53. The van der Waals surface area contributed by atoms with Crippen molar-refractivity contribution in [3.8, 4) is 0 Å². The summed E-state index contributed by atoms with van der Waals surface area (Å²) in [7, 11) is 0. The zero-order valence-electron chi connectivity index (χ0n) is 7.03. The Balaban J connectivity index is 2.56. The van der Waals surface area contributed by atoms with E-state index in [1.807, 2.05) is 17.7 Å². The molecule has 0 spiro atoms. The molecule has 1 aromatic rings. The molecule has 0 amide bonds. The summed E-state index contributed by atoms with van der Waals surface area (Å²) in [4.78, 5) is 10.3. The summed E-state index contributed by atoms with van der Waals surface area (Å²) < 4.78 is 1.81. The molecule has 4 heteroatoms. The van der Waals surface area contributed by atoms with Gasteiger partial charge in [0.05, 0.1) is 6.42 Å². The molecular formula is C8H12N2O2. The first-order chi connectivity index (χ1) is 5.74. The van der Waals surface area contributed by atoms with Crippen LogP contribution in [-0.2, 0) is 17.8 Å². The second kappa shape index (κ2) is 3.90. The largest absolute Gasteiger partial charge is 0.481 e. The molecule has 0 aromatic carbocycles. The lowest BCUT2D eigenvalue weighted by atomic mass is 10.2. The zero-order chi connectivity index (χ0) is 8.97. The molecule has 1 aromatic heterocycles. The van der Waals surface area contributed by atoms with Crippen LogP contribution in [0.1, 0.15) is 19.0 Å². The monoisotopic (exact) mass is 168 g/mol. The minimum atomic E-state index is -0.765. The van der Waals surface area contributed by atoms with Crippen molar-refractivity contribution in [2.24, 2.45) is 0 Å². The summed E-state index contributed by atoms with van der Waals surface area (Å²) in [5.74, 6) is -0.765. The van der Waals surface area contributed by atoms with Crippen LogP contribution in [0, 0.1) is 0 Å². The maximum Gasteiger partial charge on any atom is 0.303 e. The highest BCUT2D eigenvalue weighted by molar-refractivity contribution is 5.66. The first-order valence-corrected chi connectivity index (χ1v) is 3.96. The maximum absolute atomic E-state index is 10.3. The molecule has 4 nitrogen and oxygen atoms in total. The third kappa shape index (κ3) is 2.08. The smallest absolute Gasteiger partial charge is 0.303 e. The Bertz CT molecular complexity index is 268. The van der Waals surface area contributed by atoms with Gasteiger partial charge >= 0.3 is 5.97 Å². The lowest BCUT2D eigenvalue weighted by molar-refractivity contribution is -0.136. The van der Waals surface area contributed by atoms with Crippen molar-refractivity contribution in [1.29, 1.82) is 0 Å². The number of rotatable bonds is 4. The number of aryl methyl sites for hydroxylation is 2. The molecule has 0 atom stereocenters. The number of carbonyl (C=O) groups is 1. The summed E-state index contributed by atoms with van der Waals surface area (Å²) in [5.41, 5.74) is 0.986. The van der Waals surface area contributed by atoms with Crippen LogP contribution in [0.5, 0.6) is 0 Å². The normalized spacial score (nSPS) is 10.1. The fourth-order valence-electron chi connectivity index (χ4n) is 1.09. The standard InChI is InChI=1S/C8H12N2O2/c1-2-10-7(5-6-9-10)3-4-8(11)12/h5-6H,2-4H2,1H3,(H,11,12). The van der Waals surface area contributed by atoms with E-state index < -0.39 is 5.97 Å². The molecule has 0 aliphatic heterocycles. The third-order valence-corrected chi connectivity index (χ3v) is 1.70. The van der Waals surface area contributed by atoms with Crippen molar-refractivity contribution < 1.29 is 9.90 Å². The summed E-state index contributed by atoms with van der Waals surface area (Å²) in [5, 5.41) is 12.5. The van der Waals surface area contributed by atoms with Crippen LogP contribution >= 0.6 is 0 Å². The van der Waals surface area contributed by atoms with E-state index in [4.69, 9.17) is 5.11 Å². The van der Waals surface area contributed by atoms with Gasteiger partial charge in [0.2, 0.25) is 0 Å². The van der Waals surface area contributed by atoms with Gasteiger partial charge in [-0.15, -0.1) is 0 Å². The number of aromatic nitrogens is 2. The Morgan fingerprint density at radius 3 is 3.08 bits per heavy atom. The number of carboxylic acids is 1. The van der Waals surface area contributed by atoms with Crippen molar-refractivity contribution in [3.63, 3.8) is 0 Å². The lowest BCUT2D eigenvalue weighted by Crippen LogP contribution is -2.05. The number of carboxylic acid groups (broad SMARTS) is 1. The Hall–Kier alpha value is -1.32. The van der Waals surface area contributed by atoms with Gasteiger partial charge in [-0.2, -0.15) is 5.10 Å². The number of aliphatic carboxylic acids is 1. The quantitative estimate of drug-likeness (QED) is 0.727. The molecule has 1 heterocycles. The van der Waals surface area contributed by atoms with Gasteiger partial charge in [0.15, 0.2) is 0 Å². The fourth-order valence-corrected chi connectivity index (χ4v) is 1.09. The maximum atomic E-state index is 10.3. The summed E-state index contributed by atoms with van der Waals surface area (Å²) >= 11 is 0. The van der Waals surface area contributed by atoms with Crippen LogP contribution in [0.3, 0.4) is 0 Å². The predicted octanol–water partition coefficient (Wildman–Crippen LogP) is 0.920. The lowest BCUT2D eigenvalue weighted by Gasteiger charge is -2.01. The molecule has 66 valence electrons. The van der Waals surface area contributed by atoms with Crippen molar-refractivity contribution in [2.75, 3.05) is 0 Å². The molecule has 0 unspecified atom stereocenters. The molecule has 0 bridgehead atoms. The molecule has 1 rings (SSSR count). The summed E-state index contributed by atoms with van der Waals surface area (Å²) in [6.45, 7) is 2.78. The number of hydrogen-bond donors (Lipinski definition) is 1. The Kier molecular flexibility index (Phi) is 2.85. The predicted molar refractivity (Wildman–Crippen MR) is 43.9 cm³/mol. The Morgan fingerprint density at radius 2 is 2.50 bits per heavy atom. The SMILES string of the molecule is CCn1nccc1CCC(=O)O. The van der Waals surface area contributed by atoms with Crippen LogP contribution in [0.15, 0.2) is 12.3 Å². The van der Waals surface area contributed by atoms with Crippen LogP contribution in [-0.4, -0.2) is 20.9 Å². The van der Waals surface area contributed by atoms with Crippen molar-refractivity contribution in [2.45, 2.75) is 26.3 Å². The van der Waals surface area contributed by atoms with E-state index in [1.165, 1.54) is 0 Å². The molecule has 0 fully saturated rings. The highest BCUT2D eigenvalue weighted by Crippen LogP contribution is 2.02. The van der Waals surface area contributed by atoms with Gasteiger partial charge in [0, 0.05) is 18.4 Å². The van der Waals surface area contributed by atoms with E-state index in [-0.39, 0.29) is 6.42 Å². The van der Waals surface area contributed by atoms with E-state index in [0.717, 1.165) is 12.2 Å². The van der Waals surface area contributed by atoms with E-state index in [9.17, 15) is 4.79 Å². The molecule has 0 radical (unpaired) electrons. The van der Waals surface area contributed by atoms with E-state index in [2.05, 4.69) is 5.10 Å². The molecule has 0 aliphatic rings. The van der Waals surface area contributed by atoms with E-state index in [0.29, 0.717) is 6.42 Å². The zero-order valence-corrected chi connectivity index (χ0v) is 7.03. The van der Waals surface area contributed by atoms with Gasteiger partial charge in [-0.1, -0.05) is 0 Å². The Labute approximate surface area is 70.8 Å². The van der Waals surface area contributed by atoms with Crippen molar-refractivity contribution >= 4 is 5.97 Å². The number of nitrogens with zero attached hydrogens (tertiary/aromatic N) is 2. The van der Waals surface area contributed by atoms with Gasteiger partial charge < -0.3 is 5.11 Å². The highest BCUT2D eigenvalue weighted by atomic mass is 16.4. The van der Waals surface area contributed by atoms with E-state index >= 15 is 0 Å². The topological polar surface area (TPSA) is 55.1 Å². The van der Waals surface area contributed by atoms with Crippen LogP contribution in [0.25, 0.3) is 0 Å². The minimum absolute atomic E-state index is 0.172. The minimum Gasteiger partial charge on any atom is -0.481 e. The van der Waals surface area contributed by atoms with E-state index in [1.54, 1.807) is 6.20 Å². The third-order valence-electron chi connectivity index (χ3n) is 1.70. The van der Waals surface area contributed by atoms with Crippen molar-refractivity contribution in [1.82, 2.24) is 9.78 Å². The van der Waals surface area contributed by atoms with Gasteiger partial charge in [-0.05, 0) is 19.4 Å². The molecule has 1 N–H and O–H groups in total. The molecule has 0 saturated carbocycles. The molecule has 0 aliphatic carbocycles. The first kappa shape index (κ1) is 8.77. The molecule has 0 saturated heterocycles. The fraction of sp³-hybridized carbons (Fsp3) is 0.500. The summed E-state index contributed by atoms with van der Waals surface area (Å²) in [6, 6.07) is 1.85. The van der Waals surface area contributed by atoms with Crippen LogP contribution in [0.4, 0.5) is 0 Å². The van der Waals surface area contributed by atoms with Crippen LogP contribution in [0.2, 0.25) is 0 Å². The second-order valence-corrected chi connectivity index (χ2v) is 2.53. The van der Waals surface area contributed by atoms with Crippen LogP contribution < -0.4 is 0 Å².